The third kappa shape index (κ3) is 50.6. The van der Waals surface area contributed by atoms with Crippen LogP contribution in [0.3, 0.4) is 0 Å². The molecule has 0 saturated carbocycles. The first-order valence-electron chi connectivity index (χ1n) is 27.8. The van der Waals surface area contributed by atoms with Crippen molar-refractivity contribution in [1.29, 1.82) is 0 Å². The molecule has 0 aliphatic heterocycles. The van der Waals surface area contributed by atoms with Crippen molar-refractivity contribution < 1.29 is 15.0 Å². The maximum Gasteiger partial charge on any atom is 0.220 e. The van der Waals surface area contributed by atoms with Gasteiger partial charge in [-0.1, -0.05) is 266 Å². The molecule has 0 spiro atoms. The number of unbranched alkanes of at least 4 members (excludes halogenated alkanes) is 31. The first-order chi connectivity index (χ1) is 31.7. The summed E-state index contributed by atoms with van der Waals surface area (Å²) in [6.45, 7) is 4.18. The number of allylic oxidation sites excluding steroid dienone is 13. The molecule has 2 unspecified atom stereocenters. The van der Waals surface area contributed by atoms with Gasteiger partial charge in [0.15, 0.2) is 0 Å². The van der Waals surface area contributed by atoms with Gasteiger partial charge in [0.25, 0.3) is 0 Å². The van der Waals surface area contributed by atoms with Crippen molar-refractivity contribution in [3.8, 4) is 0 Å². The summed E-state index contributed by atoms with van der Waals surface area (Å²) in [6, 6.07) is -0.647. The number of amides is 1. The largest absolute Gasteiger partial charge is 0.394 e. The SMILES string of the molecule is CC/C=C\C/C=C\C/C=C\C/C=C\CCCCCCCCCCCCCCCCCCCCCCCCC(=O)NC(CO)C(O)/C=C/CC/C=C/CC/C=C/CCCCCCCCC. The number of carbonyl (C=O) groups excluding carboxylic acids is 1. The fourth-order valence-corrected chi connectivity index (χ4v) is 8.14. The number of aliphatic hydroxyl groups excluding tert-OH is 2. The third-order valence-electron chi connectivity index (χ3n) is 12.3. The van der Waals surface area contributed by atoms with Crippen LogP contribution in [0.5, 0.6) is 0 Å². The van der Waals surface area contributed by atoms with Gasteiger partial charge in [-0.25, -0.2) is 0 Å². The minimum Gasteiger partial charge on any atom is -0.394 e. The Morgan fingerprint density at radius 2 is 0.703 bits per heavy atom. The third-order valence-corrected chi connectivity index (χ3v) is 12.3. The van der Waals surface area contributed by atoms with Gasteiger partial charge in [-0.2, -0.15) is 0 Å². The Bertz CT molecular complexity index is 1150. The van der Waals surface area contributed by atoms with E-state index < -0.39 is 12.1 Å². The van der Waals surface area contributed by atoms with E-state index >= 15 is 0 Å². The molecule has 0 radical (unpaired) electrons. The Morgan fingerprint density at radius 1 is 0.391 bits per heavy atom. The number of nitrogens with one attached hydrogen (secondary N) is 1. The van der Waals surface area contributed by atoms with Crippen LogP contribution in [0.1, 0.15) is 271 Å². The topological polar surface area (TPSA) is 69.6 Å². The predicted molar refractivity (Wildman–Crippen MR) is 285 cm³/mol. The number of hydrogen-bond acceptors (Lipinski definition) is 3. The quantitative estimate of drug-likeness (QED) is 0.0421. The van der Waals surface area contributed by atoms with Crippen LogP contribution in [0.25, 0.3) is 0 Å². The van der Waals surface area contributed by atoms with Crippen LogP contribution in [0.2, 0.25) is 0 Å². The van der Waals surface area contributed by atoms with Crippen molar-refractivity contribution >= 4 is 5.91 Å². The van der Waals surface area contributed by atoms with Gasteiger partial charge in [-0.05, 0) is 83.5 Å². The second kappa shape index (κ2) is 54.9. The Labute approximate surface area is 399 Å². The molecule has 370 valence electrons. The molecule has 0 aliphatic rings. The second-order valence-corrected chi connectivity index (χ2v) is 18.6. The monoisotopic (exact) mass is 890 g/mol. The summed E-state index contributed by atoms with van der Waals surface area (Å²) in [4.78, 5) is 12.5. The van der Waals surface area contributed by atoms with Crippen molar-refractivity contribution in [2.75, 3.05) is 6.61 Å². The van der Waals surface area contributed by atoms with Crippen LogP contribution in [0, 0.1) is 0 Å². The lowest BCUT2D eigenvalue weighted by atomic mass is 10.0. The molecule has 4 nitrogen and oxygen atoms in total. The van der Waals surface area contributed by atoms with Gasteiger partial charge < -0.3 is 15.5 Å². The van der Waals surface area contributed by atoms with E-state index in [0.29, 0.717) is 6.42 Å². The fourth-order valence-electron chi connectivity index (χ4n) is 8.14. The summed E-state index contributed by atoms with van der Waals surface area (Å²) in [5.74, 6) is -0.0766. The molecule has 0 bridgehead atoms. The van der Waals surface area contributed by atoms with Crippen LogP contribution in [-0.4, -0.2) is 34.9 Å². The zero-order valence-electron chi connectivity index (χ0n) is 42.5. The lowest BCUT2D eigenvalue weighted by molar-refractivity contribution is -0.123. The van der Waals surface area contributed by atoms with Gasteiger partial charge in [-0.15, -0.1) is 0 Å². The van der Waals surface area contributed by atoms with Crippen LogP contribution in [0.4, 0.5) is 0 Å². The first-order valence-corrected chi connectivity index (χ1v) is 27.8. The van der Waals surface area contributed by atoms with Gasteiger partial charge in [0.1, 0.15) is 0 Å². The highest BCUT2D eigenvalue weighted by atomic mass is 16.3. The van der Waals surface area contributed by atoms with Crippen LogP contribution in [0.15, 0.2) is 85.1 Å². The van der Waals surface area contributed by atoms with Crippen molar-refractivity contribution in [2.24, 2.45) is 0 Å². The average Bonchev–Trinajstić information content (AvgIpc) is 3.30. The molecule has 0 saturated heterocycles. The van der Waals surface area contributed by atoms with Crippen molar-refractivity contribution in [3.05, 3.63) is 85.1 Å². The summed E-state index contributed by atoms with van der Waals surface area (Å²) in [7, 11) is 0. The van der Waals surface area contributed by atoms with E-state index in [4.69, 9.17) is 0 Å². The van der Waals surface area contributed by atoms with Crippen molar-refractivity contribution in [3.63, 3.8) is 0 Å². The van der Waals surface area contributed by atoms with Crippen molar-refractivity contribution in [2.45, 2.75) is 283 Å². The summed E-state index contributed by atoms with van der Waals surface area (Å²) >= 11 is 0. The highest BCUT2D eigenvalue weighted by molar-refractivity contribution is 5.76. The Balaban J connectivity index is 3.49. The zero-order valence-corrected chi connectivity index (χ0v) is 42.5. The maximum absolute atomic E-state index is 12.5. The molecule has 0 aromatic carbocycles. The number of aliphatic hydroxyl groups is 2. The number of carbonyl (C=O) groups is 1. The molecular formula is C60H107NO3. The molecule has 2 atom stereocenters. The van der Waals surface area contributed by atoms with E-state index in [1.165, 1.54) is 186 Å². The van der Waals surface area contributed by atoms with E-state index in [1.807, 2.05) is 6.08 Å². The van der Waals surface area contributed by atoms with Crippen LogP contribution >= 0.6 is 0 Å². The summed E-state index contributed by atoms with van der Waals surface area (Å²) in [5, 5.41) is 23.1. The number of hydrogen-bond donors (Lipinski definition) is 3. The van der Waals surface area contributed by atoms with Gasteiger partial charge in [-0.3, -0.25) is 4.79 Å². The summed E-state index contributed by atoms with van der Waals surface area (Å²) in [6.07, 6.45) is 80.3. The Kier molecular flexibility index (Phi) is 52.8. The lowest BCUT2D eigenvalue weighted by Gasteiger charge is -2.19. The molecule has 0 rings (SSSR count). The van der Waals surface area contributed by atoms with E-state index in [2.05, 4.69) is 92.1 Å². The average molecular weight is 891 g/mol. The second-order valence-electron chi connectivity index (χ2n) is 18.6. The Morgan fingerprint density at radius 3 is 1.09 bits per heavy atom. The molecule has 0 fully saturated rings. The van der Waals surface area contributed by atoms with E-state index in [0.717, 1.165) is 64.2 Å². The molecule has 4 heteroatoms. The normalized spacial score (nSPS) is 13.5. The molecule has 1 amide bonds. The van der Waals surface area contributed by atoms with Crippen molar-refractivity contribution in [1.82, 2.24) is 5.32 Å². The highest BCUT2D eigenvalue weighted by Crippen LogP contribution is 2.16. The van der Waals surface area contributed by atoms with Crippen LogP contribution in [-0.2, 0) is 4.79 Å². The molecule has 64 heavy (non-hydrogen) atoms. The summed E-state index contributed by atoms with van der Waals surface area (Å²) < 4.78 is 0. The molecule has 0 aromatic heterocycles. The van der Waals surface area contributed by atoms with E-state index in [9.17, 15) is 15.0 Å². The predicted octanol–water partition coefficient (Wildman–Crippen LogP) is 18.4. The van der Waals surface area contributed by atoms with Gasteiger partial charge >= 0.3 is 0 Å². The smallest absolute Gasteiger partial charge is 0.220 e. The molecular weight excluding hydrogens is 783 g/mol. The standard InChI is InChI=1S/C60H107NO3/c1-3-5-7-9-11-13-15-17-19-21-22-23-24-25-26-27-28-29-30-31-32-33-34-35-36-37-38-40-42-44-46-48-50-52-54-56-60(64)61-58(57-62)59(63)55-53-51-49-47-45-43-41-39-20-18-16-14-12-10-8-6-4-2/h5,7,11,13,17,19-20,22-23,39,45,47,53,55,58-59,62-63H,3-4,6,8-10,12,14-16,18,21,24-38,40-44,46,48-52,54,56-57H2,1-2H3,(H,61,64)/b7-5-,13-11-,19-17-,23-22-,39-20+,47-45+,55-53+. The molecule has 0 aliphatic carbocycles. The Hall–Kier alpha value is -2.43. The van der Waals surface area contributed by atoms with Gasteiger partial charge in [0.2, 0.25) is 5.91 Å². The summed E-state index contributed by atoms with van der Waals surface area (Å²) in [5.41, 5.74) is 0. The molecule has 3 N–H and O–H groups in total. The maximum atomic E-state index is 12.5. The van der Waals surface area contributed by atoms with Gasteiger partial charge in [0.05, 0.1) is 18.8 Å². The minimum absolute atomic E-state index is 0.0766. The lowest BCUT2D eigenvalue weighted by Crippen LogP contribution is -2.45. The fraction of sp³-hybridized carbons (Fsp3) is 0.750. The molecule has 0 heterocycles. The molecule has 0 aromatic rings. The number of rotatable bonds is 50. The first kappa shape index (κ1) is 61.6. The highest BCUT2D eigenvalue weighted by Gasteiger charge is 2.17. The van der Waals surface area contributed by atoms with Gasteiger partial charge in [0, 0.05) is 6.42 Å². The minimum atomic E-state index is -0.872. The van der Waals surface area contributed by atoms with Crippen LogP contribution < -0.4 is 5.32 Å². The zero-order chi connectivity index (χ0) is 46.3. The van der Waals surface area contributed by atoms with E-state index in [1.54, 1.807) is 6.08 Å². The van der Waals surface area contributed by atoms with E-state index in [-0.39, 0.29) is 12.5 Å².